The zero-order chi connectivity index (χ0) is 15.4. The van der Waals surface area contributed by atoms with Crippen LogP contribution < -0.4 is 0 Å². The van der Waals surface area contributed by atoms with E-state index in [0.717, 1.165) is 25.2 Å². The van der Waals surface area contributed by atoms with Gasteiger partial charge in [0.2, 0.25) is 0 Å². The summed E-state index contributed by atoms with van der Waals surface area (Å²) in [6.45, 7) is 7.25. The average molecular weight is 291 g/mol. The molecule has 2 heterocycles. The number of carbonyl (C=O) groups excluding carboxylic acids is 2. The van der Waals surface area contributed by atoms with Gasteiger partial charge in [0.1, 0.15) is 0 Å². The zero-order valence-corrected chi connectivity index (χ0v) is 12.7. The number of nitrogens with zero attached hydrogens (tertiary/aromatic N) is 3. The first-order valence-corrected chi connectivity index (χ1v) is 7.19. The Bertz CT molecular complexity index is 505. The van der Waals surface area contributed by atoms with Gasteiger partial charge in [0.25, 0.3) is 5.91 Å². The summed E-state index contributed by atoms with van der Waals surface area (Å²) in [5, 5.41) is 0. The van der Waals surface area contributed by atoms with Crippen LogP contribution in [0.5, 0.6) is 0 Å². The molecule has 0 radical (unpaired) electrons. The Hall–Kier alpha value is -1.98. The minimum absolute atomic E-state index is 0.119. The molecule has 2 rings (SSSR count). The molecule has 21 heavy (non-hydrogen) atoms. The van der Waals surface area contributed by atoms with E-state index in [1.54, 1.807) is 11.8 Å². The van der Waals surface area contributed by atoms with Crippen molar-refractivity contribution < 1.29 is 14.3 Å². The summed E-state index contributed by atoms with van der Waals surface area (Å²) in [6.07, 6.45) is 3.97. The van der Waals surface area contributed by atoms with Crippen molar-refractivity contribution in [2.24, 2.45) is 11.8 Å². The largest absolute Gasteiger partial charge is 0.451 e. The Morgan fingerprint density at radius 3 is 2.48 bits per heavy atom. The van der Waals surface area contributed by atoms with Crippen LogP contribution in [0.4, 0.5) is 0 Å². The van der Waals surface area contributed by atoms with E-state index in [9.17, 15) is 9.59 Å². The van der Waals surface area contributed by atoms with Gasteiger partial charge in [-0.2, -0.15) is 0 Å². The van der Waals surface area contributed by atoms with E-state index in [2.05, 4.69) is 23.8 Å². The molecule has 1 saturated heterocycles. The lowest BCUT2D eigenvalue weighted by molar-refractivity contribution is -0.137. The van der Waals surface area contributed by atoms with Gasteiger partial charge in [0, 0.05) is 19.3 Å². The number of aryl methyl sites for hydroxylation is 1. The molecule has 2 atom stereocenters. The van der Waals surface area contributed by atoms with Crippen molar-refractivity contribution in [3.05, 3.63) is 23.8 Å². The Labute approximate surface area is 124 Å². The highest BCUT2D eigenvalue weighted by molar-refractivity contribution is 5.89. The van der Waals surface area contributed by atoms with Gasteiger partial charge in [-0.05, 0) is 25.2 Å². The molecule has 0 bridgehead atoms. The van der Waals surface area contributed by atoms with Gasteiger partial charge in [-0.15, -0.1) is 0 Å². The first kappa shape index (κ1) is 15.4. The number of piperidine rings is 1. The molecule has 1 aliphatic rings. The molecule has 6 nitrogen and oxygen atoms in total. The quantitative estimate of drug-likeness (QED) is 0.788. The second-order valence-electron chi connectivity index (χ2n) is 5.86. The van der Waals surface area contributed by atoms with E-state index < -0.39 is 5.97 Å². The molecule has 1 aliphatic heterocycles. The van der Waals surface area contributed by atoms with Gasteiger partial charge in [0.05, 0.1) is 11.9 Å². The minimum Gasteiger partial charge on any atom is -0.451 e. The number of likely N-dealkylation sites (tertiary alicyclic amines) is 1. The maximum atomic E-state index is 12.1. The van der Waals surface area contributed by atoms with Gasteiger partial charge < -0.3 is 9.64 Å². The van der Waals surface area contributed by atoms with Gasteiger partial charge >= 0.3 is 5.97 Å². The number of ether oxygens (including phenoxy) is 1. The summed E-state index contributed by atoms with van der Waals surface area (Å²) in [7, 11) is 0. The third-order valence-corrected chi connectivity index (χ3v) is 3.54. The molecule has 0 N–H and O–H groups in total. The molecular formula is C15H21N3O3. The first-order chi connectivity index (χ1) is 9.95. The summed E-state index contributed by atoms with van der Waals surface area (Å²) in [6, 6.07) is 0. The number of carbonyl (C=O) groups is 2. The highest BCUT2D eigenvalue weighted by Crippen LogP contribution is 2.20. The number of hydrogen-bond donors (Lipinski definition) is 0. The topological polar surface area (TPSA) is 72.4 Å². The third kappa shape index (κ3) is 4.24. The monoisotopic (exact) mass is 291 g/mol. The predicted octanol–water partition coefficient (Wildman–Crippen LogP) is 1.45. The maximum absolute atomic E-state index is 12.1. The lowest BCUT2D eigenvalue weighted by Crippen LogP contribution is -2.44. The van der Waals surface area contributed by atoms with Crippen molar-refractivity contribution in [3.8, 4) is 0 Å². The molecule has 6 heteroatoms. The number of rotatable bonds is 3. The highest BCUT2D eigenvalue weighted by Gasteiger charge is 2.26. The fourth-order valence-corrected chi connectivity index (χ4v) is 2.66. The van der Waals surface area contributed by atoms with Crippen molar-refractivity contribution in [3.63, 3.8) is 0 Å². The Morgan fingerprint density at radius 1 is 1.24 bits per heavy atom. The fraction of sp³-hybridized carbons (Fsp3) is 0.600. The predicted molar refractivity (Wildman–Crippen MR) is 76.6 cm³/mol. The van der Waals surface area contributed by atoms with E-state index >= 15 is 0 Å². The molecule has 1 fully saturated rings. The Kier molecular flexibility index (Phi) is 4.88. The van der Waals surface area contributed by atoms with E-state index in [-0.39, 0.29) is 18.2 Å². The lowest BCUT2D eigenvalue weighted by Gasteiger charge is -2.34. The standard InChI is InChI=1S/C15H21N3O3/c1-10-4-11(2)8-18(7-10)14(19)9-21-15(20)13-6-16-12(3)5-17-13/h5-6,10-11H,4,7-9H2,1-3H3/t10-,11-/m0/s1. The van der Waals surface area contributed by atoms with Crippen molar-refractivity contribution in [1.82, 2.24) is 14.9 Å². The van der Waals surface area contributed by atoms with Crippen LogP contribution in [-0.4, -0.2) is 46.4 Å². The van der Waals surface area contributed by atoms with Crippen LogP contribution in [0.2, 0.25) is 0 Å². The molecule has 0 aromatic carbocycles. The summed E-state index contributed by atoms with van der Waals surface area (Å²) in [5.74, 6) is 0.198. The third-order valence-electron chi connectivity index (χ3n) is 3.54. The normalized spacial score (nSPS) is 22.0. The van der Waals surface area contributed by atoms with Gasteiger partial charge in [-0.3, -0.25) is 9.78 Å². The van der Waals surface area contributed by atoms with Gasteiger partial charge in [0.15, 0.2) is 12.3 Å². The summed E-state index contributed by atoms with van der Waals surface area (Å²) in [4.78, 5) is 33.5. The van der Waals surface area contributed by atoms with Crippen LogP contribution in [-0.2, 0) is 9.53 Å². The molecule has 0 saturated carbocycles. The number of esters is 1. The van der Waals surface area contributed by atoms with E-state index in [1.165, 1.54) is 12.4 Å². The van der Waals surface area contributed by atoms with Crippen LogP contribution in [0, 0.1) is 18.8 Å². The van der Waals surface area contributed by atoms with Crippen LogP contribution >= 0.6 is 0 Å². The van der Waals surface area contributed by atoms with Crippen LogP contribution in [0.1, 0.15) is 36.5 Å². The zero-order valence-electron chi connectivity index (χ0n) is 12.7. The van der Waals surface area contributed by atoms with E-state index in [0.29, 0.717) is 11.8 Å². The molecular weight excluding hydrogens is 270 g/mol. The van der Waals surface area contributed by atoms with Crippen LogP contribution in [0.15, 0.2) is 12.4 Å². The maximum Gasteiger partial charge on any atom is 0.359 e. The van der Waals surface area contributed by atoms with Crippen molar-refractivity contribution in [2.75, 3.05) is 19.7 Å². The average Bonchev–Trinajstić information content (AvgIpc) is 2.44. The van der Waals surface area contributed by atoms with E-state index in [1.807, 2.05) is 0 Å². The number of aromatic nitrogens is 2. The fourth-order valence-electron chi connectivity index (χ4n) is 2.66. The van der Waals surface area contributed by atoms with Crippen LogP contribution in [0.3, 0.4) is 0 Å². The Balaban J connectivity index is 1.86. The summed E-state index contributed by atoms with van der Waals surface area (Å²) in [5.41, 5.74) is 0.840. The smallest absolute Gasteiger partial charge is 0.359 e. The molecule has 0 aliphatic carbocycles. The number of amides is 1. The van der Waals surface area contributed by atoms with Crippen LogP contribution in [0.25, 0.3) is 0 Å². The molecule has 1 amide bonds. The lowest BCUT2D eigenvalue weighted by atomic mass is 9.92. The van der Waals surface area contributed by atoms with Gasteiger partial charge in [-0.25, -0.2) is 9.78 Å². The van der Waals surface area contributed by atoms with Crippen molar-refractivity contribution >= 4 is 11.9 Å². The SMILES string of the molecule is Cc1cnc(C(=O)OCC(=O)N2C[C@@H](C)C[C@H](C)C2)cn1. The second-order valence-corrected chi connectivity index (χ2v) is 5.86. The summed E-state index contributed by atoms with van der Waals surface area (Å²) < 4.78 is 5.02. The molecule has 114 valence electrons. The van der Waals surface area contributed by atoms with Crippen molar-refractivity contribution in [2.45, 2.75) is 27.2 Å². The summed E-state index contributed by atoms with van der Waals surface area (Å²) >= 11 is 0. The van der Waals surface area contributed by atoms with Gasteiger partial charge in [-0.1, -0.05) is 13.8 Å². The van der Waals surface area contributed by atoms with E-state index in [4.69, 9.17) is 4.74 Å². The Morgan fingerprint density at radius 2 is 1.90 bits per heavy atom. The second kappa shape index (κ2) is 6.65. The molecule has 1 aromatic rings. The molecule has 0 unspecified atom stereocenters. The number of hydrogen-bond acceptors (Lipinski definition) is 5. The molecule has 1 aromatic heterocycles. The highest BCUT2D eigenvalue weighted by atomic mass is 16.5. The first-order valence-electron chi connectivity index (χ1n) is 7.19. The van der Waals surface area contributed by atoms with Crippen molar-refractivity contribution in [1.29, 1.82) is 0 Å². The molecule has 0 spiro atoms. The minimum atomic E-state index is -0.617.